The van der Waals surface area contributed by atoms with Crippen LogP contribution < -0.4 is 5.32 Å². The van der Waals surface area contributed by atoms with E-state index in [1.54, 1.807) is 27.7 Å². The van der Waals surface area contributed by atoms with E-state index in [4.69, 9.17) is 4.74 Å². The summed E-state index contributed by atoms with van der Waals surface area (Å²) < 4.78 is 5.25. The number of nitrogens with zero attached hydrogens (tertiary/aromatic N) is 1. The molecular weight excluding hydrogens is 300 g/mol. The smallest absolute Gasteiger partial charge is 0.270 e. The highest BCUT2D eigenvalue weighted by Crippen LogP contribution is 2.17. The van der Waals surface area contributed by atoms with Gasteiger partial charge in [-0.2, -0.15) is 0 Å². The lowest BCUT2D eigenvalue weighted by Gasteiger charge is -2.16. The summed E-state index contributed by atoms with van der Waals surface area (Å²) >= 11 is 0. The van der Waals surface area contributed by atoms with E-state index in [9.17, 15) is 19.7 Å². The predicted octanol–water partition coefficient (Wildman–Crippen LogP) is 2.82. The number of hydrogen-bond acceptors (Lipinski definition) is 5. The van der Waals surface area contributed by atoms with Crippen LogP contribution in [-0.2, 0) is 9.53 Å². The summed E-state index contributed by atoms with van der Waals surface area (Å²) in [6.07, 6.45) is 1.22. The van der Waals surface area contributed by atoms with Crippen LogP contribution in [0, 0.1) is 15.5 Å². The Hall–Kier alpha value is -2.70. The number of nitrogens with one attached hydrogen (secondary N) is 1. The molecule has 1 N–H and O–H groups in total. The SMILES string of the molecule is CCO/C(=C\C(=O)C(C)(C)C)NC(=O)c1cccc([N+](=O)[O-])c1. The van der Waals surface area contributed by atoms with E-state index in [1.165, 1.54) is 24.3 Å². The second-order valence-corrected chi connectivity index (χ2v) is 5.82. The molecule has 0 bridgehead atoms. The maximum Gasteiger partial charge on any atom is 0.270 e. The number of allylic oxidation sites excluding steroid dienone is 1. The van der Waals surface area contributed by atoms with Gasteiger partial charge < -0.3 is 4.74 Å². The Labute approximate surface area is 134 Å². The largest absolute Gasteiger partial charge is 0.479 e. The highest BCUT2D eigenvalue weighted by atomic mass is 16.6. The van der Waals surface area contributed by atoms with Gasteiger partial charge in [0.1, 0.15) is 0 Å². The molecule has 0 saturated carbocycles. The van der Waals surface area contributed by atoms with E-state index in [1.807, 2.05) is 0 Å². The molecule has 0 aliphatic rings. The highest BCUT2D eigenvalue weighted by molar-refractivity contribution is 5.98. The number of ketones is 1. The average molecular weight is 320 g/mol. The van der Waals surface area contributed by atoms with Crippen LogP contribution in [0.5, 0.6) is 0 Å². The fraction of sp³-hybridized carbons (Fsp3) is 0.375. The van der Waals surface area contributed by atoms with Gasteiger partial charge in [-0.25, -0.2) is 0 Å². The van der Waals surface area contributed by atoms with Crippen molar-refractivity contribution >= 4 is 17.4 Å². The van der Waals surface area contributed by atoms with E-state index in [-0.39, 0.29) is 29.5 Å². The molecule has 0 spiro atoms. The Morgan fingerprint density at radius 3 is 2.52 bits per heavy atom. The molecule has 0 unspecified atom stereocenters. The minimum Gasteiger partial charge on any atom is -0.479 e. The number of carbonyl (C=O) groups excluding carboxylic acids is 2. The number of benzene rings is 1. The van der Waals surface area contributed by atoms with Gasteiger partial charge >= 0.3 is 0 Å². The topological polar surface area (TPSA) is 98.5 Å². The summed E-state index contributed by atoms with van der Waals surface area (Å²) in [4.78, 5) is 34.3. The second kappa shape index (κ2) is 7.53. The molecular formula is C16H20N2O5. The van der Waals surface area contributed by atoms with Crippen LogP contribution in [0.15, 0.2) is 36.2 Å². The number of carbonyl (C=O) groups is 2. The van der Waals surface area contributed by atoms with Gasteiger partial charge in [0.05, 0.1) is 11.5 Å². The van der Waals surface area contributed by atoms with Crippen molar-refractivity contribution in [2.24, 2.45) is 5.41 Å². The number of nitro groups is 1. The van der Waals surface area contributed by atoms with Crippen molar-refractivity contribution in [2.45, 2.75) is 27.7 Å². The Bertz CT molecular complexity index is 644. The van der Waals surface area contributed by atoms with Gasteiger partial charge in [-0.1, -0.05) is 26.8 Å². The van der Waals surface area contributed by atoms with Crippen LogP contribution >= 0.6 is 0 Å². The zero-order valence-corrected chi connectivity index (χ0v) is 13.6. The molecule has 124 valence electrons. The highest BCUT2D eigenvalue weighted by Gasteiger charge is 2.21. The Balaban J connectivity index is 2.98. The number of non-ortho nitro benzene ring substituents is 1. The van der Waals surface area contributed by atoms with E-state index in [0.29, 0.717) is 0 Å². The fourth-order valence-corrected chi connectivity index (χ4v) is 1.55. The molecule has 0 radical (unpaired) electrons. The van der Waals surface area contributed by atoms with Crippen LogP contribution in [0.1, 0.15) is 38.1 Å². The molecule has 0 aromatic heterocycles. The molecule has 0 saturated heterocycles. The fourth-order valence-electron chi connectivity index (χ4n) is 1.55. The molecule has 1 amide bonds. The van der Waals surface area contributed by atoms with Gasteiger partial charge in [0, 0.05) is 29.2 Å². The molecule has 1 aromatic rings. The summed E-state index contributed by atoms with van der Waals surface area (Å²) in [6.45, 7) is 7.22. The van der Waals surface area contributed by atoms with Gasteiger partial charge in [-0.05, 0) is 13.0 Å². The van der Waals surface area contributed by atoms with E-state index < -0.39 is 16.2 Å². The maximum absolute atomic E-state index is 12.2. The molecule has 1 aromatic carbocycles. The molecule has 23 heavy (non-hydrogen) atoms. The van der Waals surface area contributed by atoms with Crippen molar-refractivity contribution in [2.75, 3.05) is 6.61 Å². The third-order valence-corrected chi connectivity index (χ3v) is 2.86. The minimum absolute atomic E-state index is 0.0175. The lowest BCUT2D eigenvalue weighted by atomic mass is 9.91. The summed E-state index contributed by atoms with van der Waals surface area (Å²) in [7, 11) is 0. The molecule has 0 fully saturated rings. The van der Waals surface area contributed by atoms with Gasteiger partial charge in [-0.15, -0.1) is 0 Å². The van der Waals surface area contributed by atoms with E-state index >= 15 is 0 Å². The lowest BCUT2D eigenvalue weighted by molar-refractivity contribution is -0.384. The third kappa shape index (κ3) is 5.54. The zero-order chi connectivity index (χ0) is 17.6. The van der Waals surface area contributed by atoms with Gasteiger partial charge in [0.25, 0.3) is 11.6 Å². The summed E-state index contributed by atoms with van der Waals surface area (Å²) in [5.41, 5.74) is -0.697. The number of nitro benzene ring substituents is 1. The van der Waals surface area contributed by atoms with Crippen molar-refractivity contribution in [3.63, 3.8) is 0 Å². The molecule has 0 atom stereocenters. The zero-order valence-electron chi connectivity index (χ0n) is 13.6. The number of amides is 1. The van der Waals surface area contributed by atoms with Crippen LogP contribution in [-0.4, -0.2) is 23.2 Å². The quantitative estimate of drug-likeness (QED) is 0.376. The molecule has 1 rings (SSSR count). The summed E-state index contributed by atoms with van der Waals surface area (Å²) in [6, 6.07) is 5.30. The normalized spacial score (nSPS) is 11.7. The average Bonchev–Trinajstić information content (AvgIpc) is 2.46. The Morgan fingerprint density at radius 1 is 1.35 bits per heavy atom. The predicted molar refractivity (Wildman–Crippen MR) is 84.7 cm³/mol. The van der Waals surface area contributed by atoms with Crippen LogP contribution in [0.3, 0.4) is 0 Å². The number of rotatable bonds is 6. The summed E-state index contributed by atoms with van der Waals surface area (Å²) in [5.74, 6) is -0.778. The Morgan fingerprint density at radius 2 is 2.00 bits per heavy atom. The molecule has 0 heterocycles. The van der Waals surface area contributed by atoms with Gasteiger partial charge in [0.2, 0.25) is 0 Å². The second-order valence-electron chi connectivity index (χ2n) is 5.82. The standard InChI is InChI=1S/C16H20N2O5/c1-5-23-14(10-13(19)16(2,3)4)17-15(20)11-7-6-8-12(9-11)18(21)22/h6-10H,5H2,1-4H3,(H,17,20)/b14-10-. The first-order valence-electron chi connectivity index (χ1n) is 7.10. The van der Waals surface area contributed by atoms with Crippen LogP contribution in [0.2, 0.25) is 0 Å². The number of hydrogen-bond donors (Lipinski definition) is 1. The van der Waals surface area contributed by atoms with Crippen molar-refractivity contribution in [1.29, 1.82) is 0 Å². The Kier molecular flexibility index (Phi) is 6.01. The lowest BCUT2D eigenvalue weighted by Crippen LogP contribution is -2.27. The van der Waals surface area contributed by atoms with Gasteiger partial charge in [0.15, 0.2) is 11.7 Å². The van der Waals surface area contributed by atoms with Crippen molar-refractivity contribution < 1.29 is 19.2 Å². The molecule has 7 heteroatoms. The van der Waals surface area contributed by atoms with E-state index in [0.717, 1.165) is 6.07 Å². The van der Waals surface area contributed by atoms with Crippen molar-refractivity contribution in [3.05, 3.63) is 51.9 Å². The number of ether oxygens (including phenoxy) is 1. The molecule has 0 aliphatic heterocycles. The van der Waals surface area contributed by atoms with Crippen molar-refractivity contribution in [1.82, 2.24) is 5.32 Å². The summed E-state index contributed by atoms with van der Waals surface area (Å²) in [5, 5.41) is 13.2. The van der Waals surface area contributed by atoms with Crippen LogP contribution in [0.25, 0.3) is 0 Å². The minimum atomic E-state index is -0.612. The molecule has 7 nitrogen and oxygen atoms in total. The monoisotopic (exact) mass is 320 g/mol. The first kappa shape index (κ1) is 18.3. The van der Waals surface area contributed by atoms with Crippen LogP contribution in [0.4, 0.5) is 5.69 Å². The van der Waals surface area contributed by atoms with Crippen molar-refractivity contribution in [3.8, 4) is 0 Å². The molecule has 0 aliphatic carbocycles. The first-order chi connectivity index (χ1) is 10.6. The third-order valence-electron chi connectivity index (χ3n) is 2.86. The van der Waals surface area contributed by atoms with E-state index in [2.05, 4.69) is 5.32 Å². The first-order valence-corrected chi connectivity index (χ1v) is 7.10. The van der Waals surface area contributed by atoms with Gasteiger partial charge in [-0.3, -0.25) is 25.0 Å². The maximum atomic E-state index is 12.2.